The summed E-state index contributed by atoms with van der Waals surface area (Å²) in [6.45, 7) is 13.5. The Balaban J connectivity index is 0.00000469. The van der Waals surface area contributed by atoms with Crippen molar-refractivity contribution in [3.63, 3.8) is 0 Å². The quantitative estimate of drug-likeness (QED) is 0.149. The second-order valence-corrected chi connectivity index (χ2v) is 16.5. The van der Waals surface area contributed by atoms with Crippen LogP contribution in [0.3, 0.4) is 0 Å². The molecule has 0 atom stereocenters. The molecule has 0 saturated carbocycles. The van der Waals surface area contributed by atoms with Crippen LogP contribution in [-0.2, 0) is 31.9 Å². The molecule has 0 fully saturated rings. The monoisotopic (exact) mass is 936 g/mol. The van der Waals surface area contributed by atoms with Crippen LogP contribution < -0.4 is 4.74 Å². The van der Waals surface area contributed by atoms with Crippen molar-refractivity contribution < 1.29 is 25.8 Å². The largest absolute Gasteiger partial charge is 2.00 e. The first-order chi connectivity index (χ1) is 27.5. The number of nitrogens with zero attached hydrogens (tertiary/aromatic N) is 5. The van der Waals surface area contributed by atoms with Crippen LogP contribution in [-0.4, -0.2) is 24.3 Å². The maximum atomic E-state index is 6.53. The fourth-order valence-electron chi connectivity index (χ4n) is 7.54. The van der Waals surface area contributed by atoms with Gasteiger partial charge in [-0.25, -0.2) is 9.67 Å². The number of hydrogen-bond acceptors (Lipinski definition) is 4. The topological polar surface area (TPSA) is 57.8 Å². The van der Waals surface area contributed by atoms with Crippen molar-refractivity contribution in [3.05, 3.63) is 175 Å². The molecule has 6 aromatic carbocycles. The number of ether oxygens (including phenoxy) is 1. The summed E-state index contributed by atoms with van der Waals surface area (Å²) in [7, 11) is 0. The third-order valence-electron chi connectivity index (χ3n) is 10.5. The summed E-state index contributed by atoms with van der Waals surface area (Å²) in [5.74, 6) is 2.49. The van der Waals surface area contributed by atoms with Gasteiger partial charge in [-0.1, -0.05) is 144 Å². The molecule has 6 nitrogen and oxygen atoms in total. The van der Waals surface area contributed by atoms with E-state index in [0.717, 1.165) is 61.1 Å². The third kappa shape index (κ3) is 7.41. The van der Waals surface area contributed by atoms with Gasteiger partial charge in [-0.2, -0.15) is 11.2 Å². The van der Waals surface area contributed by atoms with Gasteiger partial charge >= 0.3 is 21.1 Å². The van der Waals surface area contributed by atoms with Crippen LogP contribution in [0.5, 0.6) is 11.5 Å². The Kier molecular flexibility index (Phi) is 10.2. The minimum absolute atomic E-state index is 0. The zero-order valence-electron chi connectivity index (χ0n) is 33.4. The average Bonchev–Trinajstić information content (AvgIpc) is 3.84. The van der Waals surface area contributed by atoms with E-state index in [-0.39, 0.29) is 31.9 Å². The predicted molar refractivity (Wildman–Crippen MR) is 231 cm³/mol. The molecule has 0 radical (unpaired) electrons. The molecule has 0 unspecified atom stereocenters. The van der Waals surface area contributed by atoms with Gasteiger partial charge in [0.2, 0.25) is 0 Å². The van der Waals surface area contributed by atoms with E-state index in [0.29, 0.717) is 17.3 Å². The summed E-state index contributed by atoms with van der Waals surface area (Å²) in [6, 6.07) is 55.1. The van der Waals surface area contributed by atoms with Crippen LogP contribution in [0.15, 0.2) is 152 Å². The van der Waals surface area contributed by atoms with Crippen LogP contribution in [0.2, 0.25) is 0 Å². The zero-order valence-corrected chi connectivity index (χ0v) is 35.7. The SMILES string of the molecule is CC(C)(C)c1ccc(-c2ccnc(-n3c4[c-]c(Oc5[c-]c(-c6ncn(-c7ccccc7-c7ccccc7)n6)ccc5)ccc4c4cccc(C(C)(C)C)c43)c2)cc1.[Pt+2]. The van der Waals surface area contributed by atoms with Crippen molar-refractivity contribution in [2.45, 2.75) is 52.4 Å². The predicted octanol–water partition coefficient (Wildman–Crippen LogP) is 12.7. The second-order valence-electron chi connectivity index (χ2n) is 16.5. The molecule has 0 aliphatic carbocycles. The van der Waals surface area contributed by atoms with E-state index in [1.165, 1.54) is 11.1 Å². The van der Waals surface area contributed by atoms with Gasteiger partial charge in [0.15, 0.2) is 0 Å². The van der Waals surface area contributed by atoms with Gasteiger partial charge in [-0.3, -0.25) is 4.98 Å². The Morgan fingerprint density at radius 3 is 2.10 bits per heavy atom. The van der Waals surface area contributed by atoms with Gasteiger partial charge in [0.25, 0.3) is 0 Å². The maximum Gasteiger partial charge on any atom is 2.00 e. The number of pyridine rings is 1. The van der Waals surface area contributed by atoms with E-state index >= 15 is 0 Å². The van der Waals surface area contributed by atoms with Crippen molar-refractivity contribution in [1.29, 1.82) is 0 Å². The molecule has 3 aromatic heterocycles. The minimum Gasteiger partial charge on any atom is -0.503 e. The fraction of sp³-hybridized carbons (Fsp3) is 0.157. The molecule has 7 heteroatoms. The average molecular weight is 937 g/mol. The number of hydrogen-bond donors (Lipinski definition) is 0. The Bertz CT molecular complexity index is 2900. The summed E-state index contributed by atoms with van der Waals surface area (Å²) in [4.78, 5) is 9.65. The van der Waals surface area contributed by atoms with E-state index in [1.807, 2.05) is 65.5 Å². The molecule has 0 N–H and O–H groups in total. The number of aromatic nitrogens is 5. The molecule has 9 aromatic rings. The van der Waals surface area contributed by atoms with Gasteiger partial charge in [-0.05, 0) is 62.2 Å². The molecule has 58 heavy (non-hydrogen) atoms. The molecule has 0 saturated heterocycles. The van der Waals surface area contributed by atoms with Crippen LogP contribution in [0.1, 0.15) is 52.7 Å². The van der Waals surface area contributed by atoms with Gasteiger partial charge < -0.3 is 9.30 Å². The number of para-hydroxylation sites is 2. The van der Waals surface area contributed by atoms with Gasteiger partial charge in [0.1, 0.15) is 12.1 Å². The molecule has 0 aliphatic rings. The molecular formula is C51H43N5OPt. The molecule has 0 bridgehead atoms. The molecule has 0 aliphatic heterocycles. The first-order valence-corrected chi connectivity index (χ1v) is 19.4. The standard InChI is InChI=1S/C51H43N5O.Pt/c1-50(2,3)38-24-22-34(23-25-38)36-28-29-52-47(31-36)56-46-32-40(26-27-42(46)43-19-13-20-44(48(43)56)51(4,5)6)57-39-17-12-16-37(30-39)49-53-33-55(54-49)45-21-11-10-18-41(45)35-14-8-7-9-15-35;/h7-29,31,33H,1-6H3;/q-2;+2. The Hall–Kier alpha value is -6.10. The van der Waals surface area contributed by atoms with Crippen molar-refractivity contribution in [2.75, 3.05) is 0 Å². The molecule has 9 rings (SSSR count). The van der Waals surface area contributed by atoms with E-state index in [9.17, 15) is 0 Å². The first-order valence-electron chi connectivity index (χ1n) is 19.4. The second kappa shape index (κ2) is 15.3. The van der Waals surface area contributed by atoms with Crippen LogP contribution in [0.25, 0.3) is 67.0 Å². The summed E-state index contributed by atoms with van der Waals surface area (Å²) in [5.41, 5.74) is 10.6. The molecule has 0 amide bonds. The smallest absolute Gasteiger partial charge is 0.503 e. The molecular weight excluding hydrogens is 894 g/mol. The molecule has 288 valence electrons. The fourth-order valence-corrected chi connectivity index (χ4v) is 7.54. The third-order valence-corrected chi connectivity index (χ3v) is 10.5. The van der Waals surface area contributed by atoms with Crippen LogP contribution in [0, 0.1) is 12.1 Å². The Morgan fingerprint density at radius 2 is 1.33 bits per heavy atom. The Labute approximate surface area is 354 Å². The Morgan fingerprint density at radius 1 is 0.586 bits per heavy atom. The van der Waals surface area contributed by atoms with Crippen molar-refractivity contribution in [2.24, 2.45) is 0 Å². The van der Waals surface area contributed by atoms with Crippen molar-refractivity contribution in [1.82, 2.24) is 24.3 Å². The van der Waals surface area contributed by atoms with Crippen molar-refractivity contribution >= 4 is 21.8 Å². The van der Waals surface area contributed by atoms with E-state index in [2.05, 4.69) is 148 Å². The molecule has 3 heterocycles. The summed E-state index contributed by atoms with van der Waals surface area (Å²) >= 11 is 0. The summed E-state index contributed by atoms with van der Waals surface area (Å²) < 4.78 is 10.6. The van der Waals surface area contributed by atoms with E-state index < -0.39 is 0 Å². The normalized spacial score (nSPS) is 11.8. The zero-order chi connectivity index (χ0) is 39.3. The first kappa shape index (κ1) is 38.8. The number of benzene rings is 6. The summed E-state index contributed by atoms with van der Waals surface area (Å²) in [5, 5.41) is 7.09. The maximum absolute atomic E-state index is 6.53. The van der Waals surface area contributed by atoms with Crippen LogP contribution in [0.4, 0.5) is 0 Å². The number of fused-ring (bicyclic) bond motifs is 3. The van der Waals surface area contributed by atoms with E-state index in [4.69, 9.17) is 14.8 Å². The summed E-state index contributed by atoms with van der Waals surface area (Å²) in [6.07, 6.45) is 3.64. The van der Waals surface area contributed by atoms with Crippen molar-refractivity contribution in [3.8, 4) is 56.6 Å². The van der Waals surface area contributed by atoms with Gasteiger partial charge in [-0.15, -0.1) is 41.3 Å². The number of rotatable bonds is 7. The van der Waals surface area contributed by atoms with Gasteiger partial charge in [0.05, 0.1) is 11.5 Å². The van der Waals surface area contributed by atoms with E-state index in [1.54, 1.807) is 6.33 Å². The minimum atomic E-state index is -0.120. The van der Waals surface area contributed by atoms with Crippen LogP contribution >= 0.6 is 0 Å². The molecule has 0 spiro atoms. The van der Waals surface area contributed by atoms with Gasteiger partial charge in [0, 0.05) is 28.8 Å².